The fourth-order valence-electron chi connectivity index (χ4n) is 1.98. The molecule has 0 fully saturated rings. The Kier molecular flexibility index (Phi) is 2.65. The monoisotopic (exact) mass is 245 g/mol. The highest BCUT2D eigenvalue weighted by atomic mass is 35.5. The molecule has 2 aromatic carbocycles. The van der Waals surface area contributed by atoms with Crippen LogP contribution in [0, 0.1) is 0 Å². The van der Waals surface area contributed by atoms with Gasteiger partial charge in [0, 0.05) is 11.6 Å². The Hall–Kier alpha value is -1.67. The SMILES string of the molecule is Clc1cccc(-c2ccc3c(c2)OCCN3)c1. The molecule has 86 valence electrons. The van der Waals surface area contributed by atoms with Gasteiger partial charge >= 0.3 is 0 Å². The van der Waals surface area contributed by atoms with Crippen LogP contribution in [0.25, 0.3) is 11.1 Å². The van der Waals surface area contributed by atoms with Crippen molar-refractivity contribution < 1.29 is 4.74 Å². The van der Waals surface area contributed by atoms with Crippen LogP contribution in [0.4, 0.5) is 5.69 Å². The molecule has 1 N–H and O–H groups in total. The lowest BCUT2D eigenvalue weighted by molar-refractivity contribution is 0.323. The third-order valence-electron chi connectivity index (χ3n) is 2.81. The van der Waals surface area contributed by atoms with Crippen LogP contribution in [0.1, 0.15) is 0 Å². The van der Waals surface area contributed by atoms with E-state index in [4.69, 9.17) is 16.3 Å². The number of rotatable bonds is 1. The molecule has 0 radical (unpaired) electrons. The summed E-state index contributed by atoms with van der Waals surface area (Å²) < 4.78 is 5.62. The number of anilines is 1. The molecule has 0 aliphatic carbocycles. The summed E-state index contributed by atoms with van der Waals surface area (Å²) in [7, 11) is 0. The highest BCUT2D eigenvalue weighted by Gasteiger charge is 2.10. The number of halogens is 1. The standard InChI is InChI=1S/C14H12ClNO/c15-12-3-1-2-10(8-12)11-4-5-13-14(9-11)17-7-6-16-13/h1-5,8-9,16H,6-7H2. The summed E-state index contributed by atoms with van der Waals surface area (Å²) in [6.07, 6.45) is 0. The highest BCUT2D eigenvalue weighted by Crippen LogP contribution is 2.33. The van der Waals surface area contributed by atoms with Crippen LogP contribution in [-0.4, -0.2) is 13.2 Å². The predicted octanol–water partition coefficient (Wildman–Crippen LogP) is 3.81. The van der Waals surface area contributed by atoms with Crippen molar-refractivity contribution in [2.24, 2.45) is 0 Å². The van der Waals surface area contributed by atoms with Crippen molar-refractivity contribution in [2.75, 3.05) is 18.5 Å². The Morgan fingerprint density at radius 3 is 2.82 bits per heavy atom. The van der Waals surface area contributed by atoms with Gasteiger partial charge < -0.3 is 10.1 Å². The van der Waals surface area contributed by atoms with Gasteiger partial charge in [-0.2, -0.15) is 0 Å². The number of nitrogens with one attached hydrogen (secondary N) is 1. The zero-order valence-corrected chi connectivity index (χ0v) is 10.00. The molecule has 0 saturated carbocycles. The molecule has 17 heavy (non-hydrogen) atoms. The second-order valence-corrected chi connectivity index (χ2v) is 4.43. The van der Waals surface area contributed by atoms with E-state index in [0.29, 0.717) is 6.61 Å². The van der Waals surface area contributed by atoms with Crippen molar-refractivity contribution in [3.8, 4) is 16.9 Å². The van der Waals surface area contributed by atoms with Gasteiger partial charge in [-0.05, 0) is 35.4 Å². The molecule has 3 heteroatoms. The van der Waals surface area contributed by atoms with E-state index in [0.717, 1.165) is 34.1 Å². The lowest BCUT2D eigenvalue weighted by Gasteiger charge is -2.19. The minimum absolute atomic E-state index is 0.714. The minimum atomic E-state index is 0.714. The predicted molar refractivity (Wildman–Crippen MR) is 70.9 cm³/mol. The van der Waals surface area contributed by atoms with Crippen molar-refractivity contribution in [3.63, 3.8) is 0 Å². The highest BCUT2D eigenvalue weighted by molar-refractivity contribution is 6.30. The van der Waals surface area contributed by atoms with Crippen LogP contribution in [0.2, 0.25) is 5.02 Å². The Morgan fingerprint density at radius 2 is 1.94 bits per heavy atom. The van der Waals surface area contributed by atoms with Gasteiger partial charge in [-0.25, -0.2) is 0 Å². The Labute approximate surface area is 105 Å². The quantitative estimate of drug-likeness (QED) is 0.825. The number of hydrogen-bond donors (Lipinski definition) is 1. The first kappa shape index (κ1) is 10.5. The number of fused-ring (bicyclic) bond motifs is 1. The average molecular weight is 246 g/mol. The van der Waals surface area contributed by atoms with Gasteiger partial charge in [-0.3, -0.25) is 0 Å². The van der Waals surface area contributed by atoms with Crippen molar-refractivity contribution in [1.29, 1.82) is 0 Å². The molecule has 0 unspecified atom stereocenters. The van der Waals surface area contributed by atoms with E-state index in [1.165, 1.54) is 0 Å². The summed E-state index contributed by atoms with van der Waals surface area (Å²) in [5.74, 6) is 0.911. The number of benzene rings is 2. The number of hydrogen-bond acceptors (Lipinski definition) is 2. The summed E-state index contributed by atoms with van der Waals surface area (Å²) in [6.45, 7) is 1.58. The molecule has 1 aliphatic rings. The fourth-order valence-corrected chi connectivity index (χ4v) is 2.17. The van der Waals surface area contributed by atoms with E-state index >= 15 is 0 Å². The van der Waals surface area contributed by atoms with Crippen LogP contribution in [-0.2, 0) is 0 Å². The minimum Gasteiger partial charge on any atom is -0.490 e. The molecule has 0 bridgehead atoms. The molecule has 0 spiro atoms. The largest absolute Gasteiger partial charge is 0.490 e. The van der Waals surface area contributed by atoms with Gasteiger partial charge in [-0.1, -0.05) is 29.8 Å². The van der Waals surface area contributed by atoms with Crippen molar-refractivity contribution in [1.82, 2.24) is 0 Å². The van der Waals surface area contributed by atoms with Crippen LogP contribution in [0.3, 0.4) is 0 Å². The molecule has 0 aromatic heterocycles. The first-order chi connectivity index (χ1) is 8.33. The Morgan fingerprint density at radius 1 is 1.06 bits per heavy atom. The van der Waals surface area contributed by atoms with E-state index in [2.05, 4.69) is 11.4 Å². The number of ether oxygens (including phenoxy) is 1. The molecule has 0 saturated heterocycles. The normalized spacial score (nSPS) is 13.5. The van der Waals surface area contributed by atoms with Crippen LogP contribution >= 0.6 is 11.6 Å². The van der Waals surface area contributed by atoms with Crippen LogP contribution < -0.4 is 10.1 Å². The summed E-state index contributed by atoms with van der Waals surface area (Å²) >= 11 is 5.99. The molecule has 2 aromatic rings. The second-order valence-electron chi connectivity index (χ2n) is 4.00. The average Bonchev–Trinajstić information content (AvgIpc) is 2.38. The van der Waals surface area contributed by atoms with Crippen LogP contribution in [0.5, 0.6) is 5.75 Å². The maximum Gasteiger partial charge on any atom is 0.143 e. The maximum atomic E-state index is 5.99. The summed E-state index contributed by atoms with van der Waals surface area (Å²) in [5, 5.41) is 4.05. The first-order valence-corrected chi connectivity index (χ1v) is 5.97. The van der Waals surface area contributed by atoms with Gasteiger partial charge in [0.15, 0.2) is 0 Å². The molecular formula is C14H12ClNO. The summed E-state index contributed by atoms with van der Waals surface area (Å²) in [6, 6.07) is 14.0. The Balaban J connectivity index is 2.04. The zero-order chi connectivity index (χ0) is 11.7. The molecule has 1 heterocycles. The maximum absolute atomic E-state index is 5.99. The van der Waals surface area contributed by atoms with E-state index < -0.39 is 0 Å². The van der Waals surface area contributed by atoms with E-state index in [1.807, 2.05) is 36.4 Å². The van der Waals surface area contributed by atoms with Gasteiger partial charge in [-0.15, -0.1) is 0 Å². The molecule has 1 aliphatic heterocycles. The molecular weight excluding hydrogens is 234 g/mol. The molecule has 0 amide bonds. The van der Waals surface area contributed by atoms with Crippen LogP contribution in [0.15, 0.2) is 42.5 Å². The molecule has 3 rings (SSSR count). The smallest absolute Gasteiger partial charge is 0.143 e. The zero-order valence-electron chi connectivity index (χ0n) is 9.24. The van der Waals surface area contributed by atoms with Crippen molar-refractivity contribution >= 4 is 17.3 Å². The Bertz CT molecular complexity index is 554. The second kappa shape index (κ2) is 4.30. The van der Waals surface area contributed by atoms with E-state index in [9.17, 15) is 0 Å². The van der Waals surface area contributed by atoms with Crippen molar-refractivity contribution in [3.05, 3.63) is 47.5 Å². The van der Waals surface area contributed by atoms with Crippen molar-refractivity contribution in [2.45, 2.75) is 0 Å². The third kappa shape index (κ3) is 2.08. The third-order valence-corrected chi connectivity index (χ3v) is 3.05. The first-order valence-electron chi connectivity index (χ1n) is 5.59. The van der Waals surface area contributed by atoms with E-state index in [1.54, 1.807) is 0 Å². The van der Waals surface area contributed by atoms with Gasteiger partial charge in [0.25, 0.3) is 0 Å². The van der Waals surface area contributed by atoms with Gasteiger partial charge in [0.2, 0.25) is 0 Å². The summed E-state index contributed by atoms with van der Waals surface area (Å²) in [4.78, 5) is 0. The van der Waals surface area contributed by atoms with E-state index in [-0.39, 0.29) is 0 Å². The molecule has 0 atom stereocenters. The summed E-state index contributed by atoms with van der Waals surface area (Å²) in [5.41, 5.74) is 3.28. The van der Waals surface area contributed by atoms with Gasteiger partial charge in [0.05, 0.1) is 5.69 Å². The van der Waals surface area contributed by atoms with Gasteiger partial charge in [0.1, 0.15) is 12.4 Å². The molecule has 2 nitrogen and oxygen atoms in total. The lowest BCUT2D eigenvalue weighted by Crippen LogP contribution is -2.17. The fraction of sp³-hybridized carbons (Fsp3) is 0.143. The topological polar surface area (TPSA) is 21.3 Å². The lowest BCUT2D eigenvalue weighted by atomic mass is 10.0.